The van der Waals surface area contributed by atoms with Crippen LogP contribution in [0.1, 0.15) is 52.4 Å². The number of hydrogen-bond donors (Lipinski definition) is 2. The molecule has 0 heterocycles. The Morgan fingerprint density at radius 1 is 1.38 bits per heavy atom. The summed E-state index contributed by atoms with van der Waals surface area (Å²) in [6.07, 6.45) is 8.61. The molecule has 1 fully saturated rings. The van der Waals surface area contributed by atoms with Crippen LogP contribution in [0.5, 0.6) is 0 Å². The van der Waals surface area contributed by atoms with E-state index in [1.807, 2.05) is 0 Å². The zero-order valence-electron chi connectivity index (χ0n) is 13.8. The van der Waals surface area contributed by atoms with E-state index in [4.69, 9.17) is 4.74 Å². The molecule has 21 heavy (non-hydrogen) atoms. The highest BCUT2D eigenvalue weighted by Crippen LogP contribution is 2.29. The lowest BCUT2D eigenvalue weighted by molar-refractivity contribution is -0.0502. The molecule has 2 N–H and O–H groups in total. The average Bonchev–Trinajstić information content (AvgIpc) is 2.49. The predicted octanol–water partition coefficient (Wildman–Crippen LogP) is 2.08. The van der Waals surface area contributed by atoms with Gasteiger partial charge in [0.25, 0.3) is 0 Å². The maximum atomic E-state index is 11.0. The molecule has 5 heteroatoms. The molecule has 0 aromatic carbocycles. The van der Waals surface area contributed by atoms with Gasteiger partial charge in [0.1, 0.15) is 0 Å². The van der Waals surface area contributed by atoms with Crippen LogP contribution in [-0.4, -0.2) is 52.7 Å². The summed E-state index contributed by atoms with van der Waals surface area (Å²) in [6.45, 7) is 5.25. The Labute approximate surface area is 132 Å². The van der Waals surface area contributed by atoms with Crippen LogP contribution in [0.4, 0.5) is 0 Å². The molecule has 0 saturated heterocycles. The Kier molecular flexibility index (Phi) is 9.73. The topological polar surface area (TPSA) is 58.6 Å². The van der Waals surface area contributed by atoms with Crippen LogP contribution in [0.15, 0.2) is 0 Å². The van der Waals surface area contributed by atoms with Crippen molar-refractivity contribution in [2.75, 3.05) is 25.2 Å². The Bertz CT molecular complexity index is 301. The summed E-state index contributed by atoms with van der Waals surface area (Å²) in [7, 11) is -0.740. The summed E-state index contributed by atoms with van der Waals surface area (Å²) in [5.74, 6) is 1.37. The fourth-order valence-electron chi connectivity index (χ4n) is 2.94. The Hall–Kier alpha value is 0.0300. The minimum absolute atomic E-state index is 0.279. The molecule has 0 bridgehead atoms. The maximum Gasteiger partial charge on any atom is 0.0897 e. The smallest absolute Gasteiger partial charge is 0.0897 e. The number of aliphatic hydroxyl groups is 1. The van der Waals surface area contributed by atoms with Crippen LogP contribution in [0, 0.1) is 5.92 Å². The molecule has 0 aromatic rings. The summed E-state index contributed by atoms with van der Waals surface area (Å²) in [5.41, 5.74) is 0. The standard InChI is InChI=1S/C16H33NO3S/c1-4-14-7-5-6-8-16(14)20-12-15(18)11-17-13(2)9-10-21(3)19/h13-18H,4-12H2,1-3H3. The third-order valence-electron chi connectivity index (χ3n) is 4.41. The lowest BCUT2D eigenvalue weighted by Gasteiger charge is -2.31. The molecule has 1 aliphatic rings. The number of hydrogen-bond acceptors (Lipinski definition) is 4. The molecule has 0 spiro atoms. The van der Waals surface area contributed by atoms with Gasteiger partial charge < -0.3 is 15.2 Å². The van der Waals surface area contributed by atoms with Gasteiger partial charge in [0.15, 0.2) is 0 Å². The van der Waals surface area contributed by atoms with Gasteiger partial charge in [0, 0.05) is 35.4 Å². The number of rotatable bonds is 10. The van der Waals surface area contributed by atoms with E-state index in [2.05, 4.69) is 19.2 Å². The minimum atomic E-state index is -0.740. The summed E-state index contributed by atoms with van der Waals surface area (Å²) in [6, 6.07) is 0.279. The van der Waals surface area contributed by atoms with Crippen LogP contribution < -0.4 is 5.32 Å². The van der Waals surface area contributed by atoms with Crippen LogP contribution in [0.3, 0.4) is 0 Å². The molecule has 126 valence electrons. The summed E-state index contributed by atoms with van der Waals surface area (Å²) < 4.78 is 17.0. The molecular formula is C16H33NO3S. The van der Waals surface area contributed by atoms with Crippen molar-refractivity contribution in [1.82, 2.24) is 5.32 Å². The molecule has 1 rings (SSSR count). The second-order valence-corrected chi connectivity index (χ2v) is 7.91. The van der Waals surface area contributed by atoms with E-state index in [0.29, 0.717) is 30.9 Å². The van der Waals surface area contributed by atoms with Crippen LogP contribution in [0.2, 0.25) is 0 Å². The second kappa shape index (κ2) is 10.7. The lowest BCUT2D eigenvalue weighted by Crippen LogP contribution is -2.38. The van der Waals surface area contributed by atoms with E-state index in [0.717, 1.165) is 12.8 Å². The third-order valence-corrected chi connectivity index (χ3v) is 5.22. The zero-order valence-corrected chi connectivity index (χ0v) is 14.7. The van der Waals surface area contributed by atoms with Gasteiger partial charge in [0.05, 0.1) is 18.8 Å². The number of ether oxygens (including phenoxy) is 1. The van der Waals surface area contributed by atoms with Crippen molar-refractivity contribution in [3.8, 4) is 0 Å². The van der Waals surface area contributed by atoms with E-state index in [9.17, 15) is 9.32 Å². The average molecular weight is 320 g/mol. The van der Waals surface area contributed by atoms with Crippen LogP contribution in [0.25, 0.3) is 0 Å². The van der Waals surface area contributed by atoms with E-state index in [1.54, 1.807) is 6.26 Å². The third kappa shape index (κ3) is 8.29. The van der Waals surface area contributed by atoms with E-state index in [-0.39, 0.29) is 6.04 Å². The molecule has 1 aliphatic carbocycles. The quantitative estimate of drug-likeness (QED) is 0.647. The van der Waals surface area contributed by atoms with Crippen molar-refractivity contribution in [1.29, 1.82) is 0 Å². The zero-order chi connectivity index (χ0) is 15.7. The van der Waals surface area contributed by atoms with Gasteiger partial charge in [-0.2, -0.15) is 0 Å². The molecule has 0 radical (unpaired) electrons. The Morgan fingerprint density at radius 2 is 2.10 bits per heavy atom. The van der Waals surface area contributed by atoms with Crippen LogP contribution >= 0.6 is 0 Å². The van der Waals surface area contributed by atoms with Crippen molar-refractivity contribution < 1.29 is 14.1 Å². The van der Waals surface area contributed by atoms with Crippen molar-refractivity contribution >= 4 is 10.8 Å². The number of nitrogens with one attached hydrogen (secondary N) is 1. The maximum absolute atomic E-state index is 11.0. The highest BCUT2D eigenvalue weighted by atomic mass is 32.2. The predicted molar refractivity (Wildman–Crippen MR) is 89.0 cm³/mol. The van der Waals surface area contributed by atoms with E-state index < -0.39 is 16.9 Å². The number of aliphatic hydroxyl groups excluding tert-OH is 1. The highest BCUT2D eigenvalue weighted by Gasteiger charge is 2.24. The molecule has 0 aliphatic heterocycles. The summed E-state index contributed by atoms with van der Waals surface area (Å²) >= 11 is 0. The van der Waals surface area contributed by atoms with Gasteiger partial charge in [-0.25, -0.2) is 0 Å². The first-order chi connectivity index (χ1) is 10.0. The van der Waals surface area contributed by atoms with E-state index in [1.165, 1.54) is 25.7 Å². The minimum Gasteiger partial charge on any atom is -0.389 e. The van der Waals surface area contributed by atoms with Gasteiger partial charge >= 0.3 is 0 Å². The van der Waals surface area contributed by atoms with Gasteiger partial charge in [-0.15, -0.1) is 0 Å². The monoisotopic (exact) mass is 319 g/mol. The molecule has 1 saturated carbocycles. The first kappa shape index (κ1) is 19.1. The molecule has 5 unspecified atom stereocenters. The lowest BCUT2D eigenvalue weighted by atomic mass is 9.85. The highest BCUT2D eigenvalue weighted by molar-refractivity contribution is 7.84. The molecule has 0 aromatic heterocycles. The normalized spacial score (nSPS) is 27.2. The first-order valence-corrected chi connectivity index (χ1v) is 10.1. The van der Waals surface area contributed by atoms with Gasteiger partial charge in [-0.05, 0) is 32.1 Å². The largest absolute Gasteiger partial charge is 0.389 e. The van der Waals surface area contributed by atoms with Gasteiger partial charge in [-0.1, -0.05) is 26.2 Å². The second-order valence-electron chi connectivity index (χ2n) is 6.35. The Balaban J connectivity index is 2.15. The summed E-state index contributed by atoms with van der Waals surface area (Å²) in [4.78, 5) is 0. The summed E-state index contributed by atoms with van der Waals surface area (Å²) in [5, 5.41) is 13.3. The Morgan fingerprint density at radius 3 is 2.76 bits per heavy atom. The molecule has 0 amide bonds. The molecule has 5 atom stereocenters. The van der Waals surface area contributed by atoms with E-state index >= 15 is 0 Å². The van der Waals surface area contributed by atoms with Gasteiger partial charge in [-0.3, -0.25) is 4.21 Å². The van der Waals surface area contributed by atoms with Crippen molar-refractivity contribution in [3.05, 3.63) is 0 Å². The molecular weight excluding hydrogens is 286 g/mol. The van der Waals surface area contributed by atoms with Crippen LogP contribution in [-0.2, 0) is 15.5 Å². The van der Waals surface area contributed by atoms with Gasteiger partial charge in [0.2, 0.25) is 0 Å². The van der Waals surface area contributed by atoms with Crippen molar-refractivity contribution in [2.45, 2.75) is 70.6 Å². The molecule has 4 nitrogen and oxygen atoms in total. The van der Waals surface area contributed by atoms with Crippen molar-refractivity contribution in [2.24, 2.45) is 5.92 Å². The van der Waals surface area contributed by atoms with Crippen molar-refractivity contribution in [3.63, 3.8) is 0 Å². The fraction of sp³-hybridized carbons (Fsp3) is 1.00. The SMILES string of the molecule is CCC1CCCCC1OCC(O)CNC(C)CCS(C)=O. The first-order valence-electron chi connectivity index (χ1n) is 8.36. The fourth-order valence-corrected chi connectivity index (χ4v) is 3.62.